The average molecular weight is 291 g/mol. The van der Waals surface area contributed by atoms with Crippen molar-refractivity contribution in [3.63, 3.8) is 0 Å². The van der Waals surface area contributed by atoms with E-state index >= 15 is 0 Å². The first kappa shape index (κ1) is 12.5. The van der Waals surface area contributed by atoms with Gasteiger partial charge in [0, 0.05) is 19.0 Å². The van der Waals surface area contributed by atoms with E-state index in [4.69, 9.17) is 0 Å². The maximum atomic E-state index is 4.62. The zero-order valence-electron chi connectivity index (χ0n) is 10.4. The Kier molecular flexibility index (Phi) is 3.67. The summed E-state index contributed by atoms with van der Waals surface area (Å²) in [6.45, 7) is 1.44. The average Bonchev–Trinajstić information content (AvgIpc) is 3.11. The Morgan fingerprint density at radius 1 is 1.32 bits per heavy atom. The molecule has 0 atom stereocenters. The highest BCUT2D eigenvalue weighted by Gasteiger charge is 2.06. The van der Waals surface area contributed by atoms with Gasteiger partial charge in [0.25, 0.3) is 0 Å². The Hall–Kier alpha value is -1.57. The molecule has 0 fully saturated rings. The highest BCUT2D eigenvalue weighted by Crippen LogP contribution is 2.27. The zero-order valence-corrected chi connectivity index (χ0v) is 12.0. The van der Waals surface area contributed by atoms with Crippen LogP contribution in [0.25, 0.3) is 9.88 Å². The summed E-state index contributed by atoms with van der Waals surface area (Å²) in [7, 11) is 1.94. The second-order valence-electron chi connectivity index (χ2n) is 4.08. The minimum atomic E-state index is 0.697. The van der Waals surface area contributed by atoms with Gasteiger partial charge in [-0.15, -0.1) is 32.9 Å². The maximum Gasteiger partial charge on any atom is 0.146 e. The number of nitrogens with zero attached hydrogens (tertiary/aromatic N) is 4. The number of aromatic nitrogens is 4. The molecule has 0 saturated carbocycles. The van der Waals surface area contributed by atoms with E-state index in [0.29, 0.717) is 6.54 Å². The van der Waals surface area contributed by atoms with Gasteiger partial charge in [0.2, 0.25) is 0 Å². The van der Waals surface area contributed by atoms with E-state index in [2.05, 4.69) is 37.3 Å². The lowest BCUT2D eigenvalue weighted by Gasteiger charge is -2.01. The third-order valence-corrected chi connectivity index (χ3v) is 4.61. The van der Waals surface area contributed by atoms with Crippen molar-refractivity contribution in [3.8, 4) is 9.88 Å². The summed E-state index contributed by atoms with van der Waals surface area (Å²) in [5.74, 6) is 0.925. The van der Waals surface area contributed by atoms with Gasteiger partial charge in [-0.1, -0.05) is 6.07 Å². The molecule has 3 aromatic heterocycles. The molecule has 5 nitrogen and oxygen atoms in total. The molecule has 0 aromatic carbocycles. The number of aryl methyl sites for hydroxylation is 1. The highest BCUT2D eigenvalue weighted by molar-refractivity contribution is 7.20. The largest absolute Gasteiger partial charge is 0.320 e. The number of hydrogen-bond acceptors (Lipinski definition) is 6. The van der Waals surface area contributed by atoms with Crippen molar-refractivity contribution in [1.82, 2.24) is 25.1 Å². The van der Waals surface area contributed by atoms with Crippen molar-refractivity contribution >= 4 is 22.7 Å². The molecule has 0 aliphatic rings. The summed E-state index contributed by atoms with van der Waals surface area (Å²) >= 11 is 3.40. The van der Waals surface area contributed by atoms with Gasteiger partial charge in [0.05, 0.1) is 17.1 Å². The lowest BCUT2D eigenvalue weighted by atomic mass is 10.4. The van der Waals surface area contributed by atoms with Crippen molar-refractivity contribution in [3.05, 3.63) is 40.7 Å². The van der Waals surface area contributed by atoms with E-state index < -0.39 is 0 Å². The highest BCUT2D eigenvalue weighted by atomic mass is 32.1. The second-order valence-corrected chi connectivity index (χ2v) is 5.89. The van der Waals surface area contributed by atoms with Crippen molar-refractivity contribution in [2.45, 2.75) is 13.1 Å². The molecule has 3 rings (SSSR count). The molecular formula is C12H13N5S2. The van der Waals surface area contributed by atoms with Crippen LogP contribution in [0.15, 0.2) is 29.2 Å². The van der Waals surface area contributed by atoms with Crippen molar-refractivity contribution < 1.29 is 0 Å². The van der Waals surface area contributed by atoms with E-state index in [1.807, 2.05) is 17.7 Å². The summed E-state index contributed by atoms with van der Waals surface area (Å²) in [5.41, 5.74) is 1.07. The molecule has 0 unspecified atom stereocenters. The normalized spacial score (nSPS) is 11.0. The fourth-order valence-electron chi connectivity index (χ4n) is 1.67. The van der Waals surface area contributed by atoms with Crippen LogP contribution in [0, 0.1) is 0 Å². The molecule has 3 aromatic rings. The van der Waals surface area contributed by atoms with E-state index in [1.54, 1.807) is 29.0 Å². The monoisotopic (exact) mass is 291 g/mol. The molecule has 19 heavy (non-hydrogen) atoms. The summed E-state index contributed by atoms with van der Waals surface area (Å²) in [5, 5.41) is 16.5. The number of nitrogens with one attached hydrogen (secondary N) is 1. The summed E-state index contributed by atoms with van der Waals surface area (Å²) in [6, 6.07) is 4.15. The Bertz CT molecular complexity index is 641. The van der Waals surface area contributed by atoms with Crippen LogP contribution < -0.4 is 5.32 Å². The molecule has 0 aliphatic carbocycles. The first-order valence-corrected chi connectivity index (χ1v) is 7.61. The van der Waals surface area contributed by atoms with Crippen LogP contribution in [-0.4, -0.2) is 19.7 Å². The SMILES string of the molecule is Cn1cnnc1CNCc1csc(-c2cccs2)n1. The van der Waals surface area contributed by atoms with Gasteiger partial charge in [-0.05, 0) is 11.4 Å². The van der Waals surface area contributed by atoms with Gasteiger partial charge in [0.1, 0.15) is 17.2 Å². The number of thiazole rings is 1. The lowest BCUT2D eigenvalue weighted by Crippen LogP contribution is -2.15. The zero-order chi connectivity index (χ0) is 13.1. The molecule has 3 heterocycles. The van der Waals surface area contributed by atoms with Gasteiger partial charge in [-0.25, -0.2) is 4.98 Å². The predicted octanol–water partition coefficient (Wildman–Crippen LogP) is 2.29. The Labute approximate surface area is 119 Å². The van der Waals surface area contributed by atoms with Crippen molar-refractivity contribution in [2.24, 2.45) is 7.05 Å². The third kappa shape index (κ3) is 2.89. The maximum absolute atomic E-state index is 4.62. The van der Waals surface area contributed by atoms with Crippen LogP contribution in [0.4, 0.5) is 0 Å². The summed E-state index contributed by atoms with van der Waals surface area (Å²) in [4.78, 5) is 5.84. The van der Waals surface area contributed by atoms with Crippen LogP contribution in [0.3, 0.4) is 0 Å². The molecule has 0 amide bonds. The molecule has 0 saturated heterocycles. The number of rotatable bonds is 5. The Morgan fingerprint density at radius 2 is 2.26 bits per heavy atom. The number of hydrogen-bond donors (Lipinski definition) is 1. The van der Waals surface area contributed by atoms with Crippen molar-refractivity contribution in [1.29, 1.82) is 0 Å². The first-order valence-electron chi connectivity index (χ1n) is 5.85. The second kappa shape index (κ2) is 5.60. The van der Waals surface area contributed by atoms with Crippen LogP contribution in [0.1, 0.15) is 11.5 Å². The van der Waals surface area contributed by atoms with Gasteiger partial charge >= 0.3 is 0 Å². The first-order chi connectivity index (χ1) is 9.33. The summed E-state index contributed by atoms with van der Waals surface area (Å²) < 4.78 is 1.91. The van der Waals surface area contributed by atoms with Crippen molar-refractivity contribution in [2.75, 3.05) is 0 Å². The molecule has 0 spiro atoms. The fraction of sp³-hybridized carbons (Fsp3) is 0.250. The Balaban J connectivity index is 1.58. The van der Waals surface area contributed by atoms with Gasteiger partial charge in [-0.2, -0.15) is 0 Å². The van der Waals surface area contributed by atoms with Crippen LogP contribution in [0.5, 0.6) is 0 Å². The molecule has 0 bridgehead atoms. The van der Waals surface area contributed by atoms with E-state index in [-0.39, 0.29) is 0 Å². The van der Waals surface area contributed by atoms with E-state index in [1.165, 1.54) is 4.88 Å². The Morgan fingerprint density at radius 3 is 3.00 bits per heavy atom. The minimum Gasteiger partial charge on any atom is -0.320 e. The van der Waals surface area contributed by atoms with Crippen LogP contribution in [-0.2, 0) is 20.1 Å². The molecule has 98 valence electrons. The molecule has 0 radical (unpaired) electrons. The van der Waals surface area contributed by atoms with Gasteiger partial charge in [-0.3, -0.25) is 0 Å². The van der Waals surface area contributed by atoms with Gasteiger partial charge in [0.15, 0.2) is 0 Å². The molecule has 0 aliphatic heterocycles. The van der Waals surface area contributed by atoms with Crippen LogP contribution in [0.2, 0.25) is 0 Å². The minimum absolute atomic E-state index is 0.697. The molecule has 7 heteroatoms. The quantitative estimate of drug-likeness (QED) is 0.783. The molecular weight excluding hydrogens is 278 g/mol. The topological polar surface area (TPSA) is 55.6 Å². The number of thiophene rings is 1. The third-order valence-electron chi connectivity index (χ3n) is 2.68. The smallest absolute Gasteiger partial charge is 0.146 e. The van der Waals surface area contributed by atoms with E-state index in [0.717, 1.165) is 23.1 Å². The lowest BCUT2D eigenvalue weighted by molar-refractivity contribution is 0.631. The summed E-state index contributed by atoms with van der Waals surface area (Å²) in [6.07, 6.45) is 1.70. The van der Waals surface area contributed by atoms with E-state index in [9.17, 15) is 0 Å². The standard InChI is InChI=1S/C12H13N5S2/c1-17-8-14-16-11(17)6-13-5-9-7-19-12(15-9)10-3-2-4-18-10/h2-4,7-8,13H,5-6H2,1H3. The fourth-order valence-corrected chi connectivity index (χ4v) is 3.31. The van der Waals surface area contributed by atoms with Gasteiger partial charge < -0.3 is 9.88 Å². The van der Waals surface area contributed by atoms with Crippen LogP contribution >= 0.6 is 22.7 Å². The molecule has 1 N–H and O–H groups in total. The predicted molar refractivity (Wildman–Crippen MR) is 77.0 cm³/mol.